The third-order valence-corrected chi connectivity index (χ3v) is 6.90. The number of hydrogen-bond acceptors (Lipinski definition) is 5. The third kappa shape index (κ3) is 4.82. The molecule has 2 saturated heterocycles. The van der Waals surface area contributed by atoms with E-state index in [4.69, 9.17) is 32.7 Å². The quantitative estimate of drug-likeness (QED) is 0.529. The van der Waals surface area contributed by atoms with Gasteiger partial charge in [0.25, 0.3) is 0 Å². The van der Waals surface area contributed by atoms with Crippen LogP contribution in [0, 0.1) is 12.8 Å². The maximum Gasteiger partial charge on any atom is 0.407 e. The van der Waals surface area contributed by atoms with E-state index in [1.54, 1.807) is 30.5 Å². The summed E-state index contributed by atoms with van der Waals surface area (Å²) in [5.41, 5.74) is 1.70. The zero-order valence-corrected chi connectivity index (χ0v) is 19.4. The Labute approximate surface area is 201 Å². The second-order valence-electron chi connectivity index (χ2n) is 8.38. The number of fused-ring (bicyclic) bond motifs is 2. The SMILES string of the molecule is Cc1cc(Cl)c(OCCOc2ccc([C@H]3C[C@@H]4CC[C@H]([C@@H]3C(=O)O)N4C(=O)O)cn2)c(Cl)c1. The molecule has 0 radical (unpaired) electrons. The highest BCUT2D eigenvalue weighted by molar-refractivity contribution is 6.37. The molecule has 0 saturated carbocycles. The summed E-state index contributed by atoms with van der Waals surface area (Å²) >= 11 is 12.3. The summed E-state index contributed by atoms with van der Waals surface area (Å²) in [6.07, 6.45) is 2.27. The van der Waals surface area contributed by atoms with E-state index in [9.17, 15) is 19.8 Å². The van der Waals surface area contributed by atoms with E-state index in [1.807, 2.05) is 6.92 Å². The zero-order chi connectivity index (χ0) is 23.7. The fraction of sp³-hybridized carbons (Fsp3) is 0.435. The van der Waals surface area contributed by atoms with Crippen molar-refractivity contribution in [2.24, 2.45) is 5.92 Å². The fourth-order valence-corrected chi connectivity index (χ4v) is 5.70. The molecule has 4 rings (SSSR count). The molecule has 10 heteroatoms. The first-order valence-electron chi connectivity index (χ1n) is 10.7. The Morgan fingerprint density at radius 3 is 2.42 bits per heavy atom. The van der Waals surface area contributed by atoms with Gasteiger partial charge in [0.2, 0.25) is 5.88 Å². The number of rotatable bonds is 7. The monoisotopic (exact) mass is 494 g/mol. The van der Waals surface area contributed by atoms with E-state index < -0.39 is 24.0 Å². The van der Waals surface area contributed by atoms with E-state index >= 15 is 0 Å². The molecule has 2 aromatic rings. The first kappa shape index (κ1) is 23.4. The average Bonchev–Trinajstić information content (AvgIpc) is 3.06. The Balaban J connectivity index is 1.37. The van der Waals surface area contributed by atoms with Crippen LogP contribution in [0.5, 0.6) is 11.6 Å². The number of aryl methyl sites for hydroxylation is 1. The number of carboxylic acids is 1. The van der Waals surface area contributed by atoms with E-state index in [2.05, 4.69) is 4.98 Å². The van der Waals surface area contributed by atoms with Gasteiger partial charge < -0.3 is 24.6 Å². The van der Waals surface area contributed by atoms with Crippen LogP contribution < -0.4 is 9.47 Å². The van der Waals surface area contributed by atoms with Gasteiger partial charge in [0, 0.05) is 30.3 Å². The van der Waals surface area contributed by atoms with Crippen LogP contribution in [0.3, 0.4) is 0 Å². The number of piperidine rings is 1. The maximum absolute atomic E-state index is 12.0. The number of halogens is 2. The molecule has 3 heterocycles. The van der Waals surface area contributed by atoms with Gasteiger partial charge in [-0.25, -0.2) is 9.78 Å². The number of benzene rings is 1. The van der Waals surface area contributed by atoms with Crippen molar-refractivity contribution in [2.45, 2.75) is 44.2 Å². The van der Waals surface area contributed by atoms with Gasteiger partial charge in [0.1, 0.15) is 13.2 Å². The molecule has 4 atom stereocenters. The molecule has 2 aliphatic heterocycles. The topological polar surface area (TPSA) is 109 Å². The molecule has 0 unspecified atom stereocenters. The van der Waals surface area contributed by atoms with Crippen LogP contribution in [0.1, 0.15) is 36.3 Å². The number of ether oxygens (including phenoxy) is 2. The highest BCUT2D eigenvalue weighted by atomic mass is 35.5. The highest BCUT2D eigenvalue weighted by Gasteiger charge is 2.52. The van der Waals surface area contributed by atoms with Crippen molar-refractivity contribution in [3.63, 3.8) is 0 Å². The van der Waals surface area contributed by atoms with Gasteiger partial charge in [-0.15, -0.1) is 0 Å². The molecule has 0 aliphatic carbocycles. The summed E-state index contributed by atoms with van der Waals surface area (Å²) in [7, 11) is 0. The minimum absolute atomic E-state index is 0.165. The van der Waals surface area contributed by atoms with Gasteiger partial charge in [-0.3, -0.25) is 4.79 Å². The van der Waals surface area contributed by atoms with Gasteiger partial charge in [-0.1, -0.05) is 29.3 Å². The first-order chi connectivity index (χ1) is 15.8. The molecule has 2 bridgehead atoms. The van der Waals surface area contributed by atoms with E-state index in [0.717, 1.165) is 11.1 Å². The Morgan fingerprint density at radius 1 is 1.12 bits per heavy atom. The van der Waals surface area contributed by atoms with Gasteiger partial charge in [0.15, 0.2) is 5.75 Å². The number of nitrogens with zero attached hydrogens (tertiary/aromatic N) is 2. The minimum Gasteiger partial charge on any atom is -0.487 e. The van der Waals surface area contributed by atoms with Crippen LogP contribution in [0.4, 0.5) is 4.79 Å². The minimum atomic E-state index is -1.05. The molecule has 1 aromatic carbocycles. The second-order valence-corrected chi connectivity index (χ2v) is 9.19. The van der Waals surface area contributed by atoms with Gasteiger partial charge >= 0.3 is 12.1 Å². The van der Waals surface area contributed by atoms with Crippen LogP contribution >= 0.6 is 23.2 Å². The standard InChI is InChI=1S/C23H24Cl2N2O6/c1-12-8-16(24)21(17(25)9-12)33-7-6-32-19-5-2-13(11-26-19)15-10-14-3-4-18(20(15)22(28)29)27(14)23(30)31/h2,5,8-9,11,14-15,18,20H,3-4,6-7,10H2,1H3,(H,28,29)(H,30,31)/t14-,15+,18+,20+/m0/s1. The van der Waals surface area contributed by atoms with E-state index in [-0.39, 0.29) is 25.2 Å². The maximum atomic E-state index is 12.0. The molecule has 176 valence electrons. The van der Waals surface area contributed by atoms with Crippen LogP contribution in [-0.2, 0) is 4.79 Å². The Bertz CT molecular complexity index is 1020. The lowest BCUT2D eigenvalue weighted by Gasteiger charge is -2.41. The molecule has 0 spiro atoms. The van der Waals surface area contributed by atoms with Crippen molar-refractivity contribution in [2.75, 3.05) is 13.2 Å². The predicted molar refractivity (Wildman–Crippen MR) is 122 cm³/mol. The van der Waals surface area contributed by atoms with Crippen molar-refractivity contribution in [1.29, 1.82) is 0 Å². The molecule has 8 nitrogen and oxygen atoms in total. The Morgan fingerprint density at radius 2 is 1.82 bits per heavy atom. The lowest BCUT2D eigenvalue weighted by atomic mass is 9.76. The van der Waals surface area contributed by atoms with Crippen molar-refractivity contribution in [3.8, 4) is 11.6 Å². The zero-order valence-electron chi connectivity index (χ0n) is 17.9. The Hall–Kier alpha value is -2.71. The van der Waals surface area contributed by atoms with Crippen LogP contribution in [0.15, 0.2) is 30.5 Å². The second kappa shape index (κ2) is 9.65. The normalized spacial score (nSPS) is 23.9. The van der Waals surface area contributed by atoms with Crippen molar-refractivity contribution in [1.82, 2.24) is 9.88 Å². The van der Waals surface area contributed by atoms with Gasteiger partial charge in [-0.05, 0) is 49.4 Å². The van der Waals surface area contributed by atoms with E-state index in [1.165, 1.54) is 4.90 Å². The Kier molecular flexibility index (Phi) is 6.86. The summed E-state index contributed by atoms with van der Waals surface area (Å²) in [6, 6.07) is 6.33. The summed E-state index contributed by atoms with van der Waals surface area (Å²) in [5.74, 6) is -1.31. The van der Waals surface area contributed by atoms with E-state index in [0.29, 0.717) is 40.9 Å². The molecule has 2 N–H and O–H groups in total. The average molecular weight is 495 g/mol. The molecule has 2 fully saturated rings. The highest BCUT2D eigenvalue weighted by Crippen LogP contribution is 2.47. The first-order valence-corrected chi connectivity index (χ1v) is 11.4. The number of aromatic nitrogens is 1. The summed E-state index contributed by atoms with van der Waals surface area (Å²) in [6.45, 7) is 2.31. The number of pyridine rings is 1. The number of hydrogen-bond donors (Lipinski definition) is 2. The molecule has 2 aliphatic rings. The van der Waals surface area contributed by atoms with Crippen molar-refractivity contribution < 1.29 is 29.3 Å². The molecular formula is C23H24Cl2N2O6. The number of aliphatic carboxylic acids is 1. The summed E-state index contributed by atoms with van der Waals surface area (Å²) in [4.78, 5) is 29.3. The van der Waals surface area contributed by atoms with Crippen LogP contribution in [0.25, 0.3) is 0 Å². The van der Waals surface area contributed by atoms with Crippen molar-refractivity contribution in [3.05, 3.63) is 51.6 Å². The molecule has 1 amide bonds. The lowest BCUT2D eigenvalue weighted by molar-refractivity contribution is -0.146. The summed E-state index contributed by atoms with van der Waals surface area (Å²) < 4.78 is 11.3. The molecule has 33 heavy (non-hydrogen) atoms. The fourth-order valence-electron chi connectivity index (χ4n) is 4.99. The number of carbonyl (C=O) groups is 2. The molecular weight excluding hydrogens is 471 g/mol. The van der Waals surface area contributed by atoms with Crippen LogP contribution in [0.2, 0.25) is 10.0 Å². The predicted octanol–water partition coefficient (Wildman–Crippen LogP) is 4.85. The number of carboxylic acid groups (broad SMARTS) is 2. The smallest absolute Gasteiger partial charge is 0.407 e. The largest absolute Gasteiger partial charge is 0.487 e. The van der Waals surface area contributed by atoms with Crippen LogP contribution in [-0.4, -0.2) is 57.5 Å². The number of amides is 1. The van der Waals surface area contributed by atoms with Crippen molar-refractivity contribution >= 4 is 35.3 Å². The molecule has 1 aromatic heterocycles. The summed E-state index contributed by atoms with van der Waals surface area (Å²) in [5, 5.41) is 20.2. The van der Waals surface area contributed by atoms with Gasteiger partial charge in [0.05, 0.1) is 16.0 Å². The lowest BCUT2D eigenvalue weighted by Crippen LogP contribution is -2.52. The third-order valence-electron chi connectivity index (χ3n) is 6.34. The van der Waals surface area contributed by atoms with Gasteiger partial charge in [-0.2, -0.15) is 0 Å².